The summed E-state index contributed by atoms with van der Waals surface area (Å²) in [5.74, 6) is 0.357. The molecular formula is C21H30Cl2N2O. The van der Waals surface area contributed by atoms with Crippen LogP contribution < -0.4 is 5.32 Å². The Labute approximate surface area is 168 Å². The van der Waals surface area contributed by atoms with Crippen molar-refractivity contribution in [2.24, 2.45) is 5.41 Å². The van der Waals surface area contributed by atoms with Crippen molar-refractivity contribution >= 4 is 29.9 Å². The Morgan fingerprint density at radius 3 is 2.38 bits per heavy atom. The molecule has 3 fully saturated rings. The highest BCUT2D eigenvalue weighted by Crippen LogP contribution is 2.44. The summed E-state index contributed by atoms with van der Waals surface area (Å²) in [4.78, 5) is 15.8. The Hall–Kier alpha value is -0.770. The zero-order chi connectivity index (χ0) is 17.3. The minimum Gasteiger partial charge on any atom is -0.342 e. The van der Waals surface area contributed by atoms with Gasteiger partial charge in [-0.15, -0.1) is 12.4 Å². The van der Waals surface area contributed by atoms with Crippen LogP contribution >= 0.6 is 24.0 Å². The average molecular weight is 397 g/mol. The van der Waals surface area contributed by atoms with Gasteiger partial charge in [0.05, 0.1) is 5.41 Å². The first kappa shape index (κ1) is 20.0. The quantitative estimate of drug-likeness (QED) is 0.793. The van der Waals surface area contributed by atoms with Gasteiger partial charge in [0, 0.05) is 24.7 Å². The van der Waals surface area contributed by atoms with Gasteiger partial charge in [-0.1, -0.05) is 43.0 Å². The summed E-state index contributed by atoms with van der Waals surface area (Å²) in [5.41, 5.74) is 1.24. The molecule has 3 aliphatic rings. The third-order valence-corrected chi connectivity index (χ3v) is 7.17. The van der Waals surface area contributed by atoms with E-state index in [0.29, 0.717) is 11.3 Å². The summed E-state index contributed by atoms with van der Waals surface area (Å²) < 4.78 is 0. The van der Waals surface area contributed by atoms with E-state index in [4.69, 9.17) is 11.6 Å². The van der Waals surface area contributed by atoms with Crippen LogP contribution in [0.15, 0.2) is 24.3 Å². The van der Waals surface area contributed by atoms with E-state index in [1.54, 1.807) is 0 Å². The maximum Gasteiger partial charge on any atom is 0.233 e. The van der Waals surface area contributed by atoms with Crippen molar-refractivity contribution in [1.82, 2.24) is 10.2 Å². The molecule has 1 aromatic rings. The number of benzene rings is 1. The topological polar surface area (TPSA) is 32.3 Å². The smallest absolute Gasteiger partial charge is 0.233 e. The van der Waals surface area contributed by atoms with Crippen molar-refractivity contribution in [3.05, 3.63) is 34.9 Å². The minimum absolute atomic E-state index is 0. The molecule has 0 atom stereocenters. The molecule has 3 nitrogen and oxygen atoms in total. The lowest BCUT2D eigenvalue weighted by molar-refractivity contribution is -0.141. The number of amides is 1. The zero-order valence-electron chi connectivity index (χ0n) is 15.4. The zero-order valence-corrected chi connectivity index (χ0v) is 17.0. The number of rotatable bonds is 2. The monoisotopic (exact) mass is 396 g/mol. The van der Waals surface area contributed by atoms with Crippen LogP contribution in [0.2, 0.25) is 5.02 Å². The van der Waals surface area contributed by atoms with Crippen molar-refractivity contribution in [1.29, 1.82) is 0 Å². The minimum atomic E-state index is -0.346. The maximum absolute atomic E-state index is 13.7. The Kier molecular flexibility index (Phi) is 6.21. The molecule has 1 saturated carbocycles. The number of nitrogens with one attached hydrogen (secondary N) is 1. The maximum atomic E-state index is 13.7. The third kappa shape index (κ3) is 3.63. The summed E-state index contributed by atoms with van der Waals surface area (Å²) >= 11 is 6.27. The number of piperidine rings is 1. The van der Waals surface area contributed by atoms with Crippen LogP contribution in [0.3, 0.4) is 0 Å². The molecule has 1 amide bonds. The Balaban J connectivity index is 0.00000196. The number of nitrogens with zero attached hydrogens (tertiary/aromatic N) is 1. The van der Waals surface area contributed by atoms with Crippen molar-refractivity contribution in [2.75, 3.05) is 26.2 Å². The molecule has 26 heavy (non-hydrogen) atoms. The summed E-state index contributed by atoms with van der Waals surface area (Å²) in [6.45, 7) is 4.11. The SMILES string of the molecule is Cl.O=C(N1CCC2(CCNC2)CC1)C1(c2cccc(Cl)c2)CCCCC1. The van der Waals surface area contributed by atoms with Gasteiger partial charge in [-0.05, 0) is 61.8 Å². The molecule has 144 valence electrons. The number of likely N-dealkylation sites (tertiary alicyclic amines) is 1. The van der Waals surface area contributed by atoms with Gasteiger partial charge in [-0.25, -0.2) is 0 Å². The van der Waals surface area contributed by atoms with E-state index in [9.17, 15) is 4.79 Å². The van der Waals surface area contributed by atoms with Crippen LogP contribution in [0.4, 0.5) is 0 Å². The van der Waals surface area contributed by atoms with Crippen LogP contribution in [0.5, 0.6) is 0 Å². The molecule has 1 spiro atoms. The van der Waals surface area contributed by atoms with E-state index in [0.717, 1.165) is 75.3 Å². The second-order valence-corrected chi connectivity index (χ2v) is 8.81. The van der Waals surface area contributed by atoms with E-state index in [1.165, 1.54) is 12.8 Å². The van der Waals surface area contributed by atoms with E-state index in [-0.39, 0.29) is 17.8 Å². The summed E-state index contributed by atoms with van der Waals surface area (Å²) in [6, 6.07) is 8.04. The highest BCUT2D eigenvalue weighted by Gasteiger charge is 2.46. The molecule has 0 aromatic heterocycles. The Bertz CT molecular complexity index is 627. The molecule has 0 bridgehead atoms. The highest BCUT2D eigenvalue weighted by molar-refractivity contribution is 6.30. The number of hydrogen-bond donors (Lipinski definition) is 1. The fourth-order valence-electron chi connectivity index (χ4n) is 5.28. The van der Waals surface area contributed by atoms with Gasteiger partial charge >= 0.3 is 0 Å². The molecule has 0 radical (unpaired) electrons. The first-order chi connectivity index (χ1) is 12.1. The van der Waals surface area contributed by atoms with Gasteiger partial charge in [0.15, 0.2) is 0 Å². The number of halogens is 2. The van der Waals surface area contributed by atoms with Crippen molar-refractivity contribution < 1.29 is 4.79 Å². The molecule has 5 heteroatoms. The molecule has 1 aromatic carbocycles. The van der Waals surface area contributed by atoms with Gasteiger partial charge < -0.3 is 10.2 Å². The first-order valence-electron chi connectivity index (χ1n) is 9.90. The van der Waals surface area contributed by atoms with E-state index in [2.05, 4.69) is 16.3 Å². The molecular weight excluding hydrogens is 367 g/mol. The number of carbonyl (C=O) groups is 1. The molecule has 1 aliphatic carbocycles. The van der Waals surface area contributed by atoms with Crippen LogP contribution in [-0.2, 0) is 10.2 Å². The fraction of sp³-hybridized carbons (Fsp3) is 0.667. The molecule has 2 heterocycles. The fourth-order valence-corrected chi connectivity index (χ4v) is 5.47. The molecule has 2 aliphatic heterocycles. The van der Waals surface area contributed by atoms with Crippen molar-refractivity contribution in [3.63, 3.8) is 0 Å². The predicted molar refractivity (Wildman–Crippen MR) is 109 cm³/mol. The number of carbonyl (C=O) groups excluding carboxylic acids is 1. The first-order valence-corrected chi connectivity index (χ1v) is 10.3. The molecule has 1 N–H and O–H groups in total. The van der Waals surface area contributed by atoms with Crippen LogP contribution in [0.1, 0.15) is 56.9 Å². The normalized spacial score (nSPS) is 24.3. The second-order valence-electron chi connectivity index (χ2n) is 8.37. The van der Waals surface area contributed by atoms with Crippen molar-refractivity contribution in [3.8, 4) is 0 Å². The van der Waals surface area contributed by atoms with Crippen LogP contribution in [0, 0.1) is 5.41 Å². The van der Waals surface area contributed by atoms with E-state index >= 15 is 0 Å². The lowest BCUT2D eigenvalue weighted by Gasteiger charge is -2.45. The van der Waals surface area contributed by atoms with Gasteiger partial charge in [0.2, 0.25) is 5.91 Å². The Morgan fingerprint density at radius 1 is 1.04 bits per heavy atom. The lowest BCUT2D eigenvalue weighted by Crippen LogP contribution is -2.52. The summed E-state index contributed by atoms with van der Waals surface area (Å²) in [5, 5.41) is 4.25. The predicted octanol–water partition coefficient (Wildman–Crippen LogP) is 4.57. The largest absolute Gasteiger partial charge is 0.342 e. The average Bonchev–Trinajstić information content (AvgIpc) is 3.10. The van der Waals surface area contributed by atoms with Gasteiger partial charge in [0.25, 0.3) is 0 Å². The van der Waals surface area contributed by atoms with Crippen LogP contribution in [-0.4, -0.2) is 37.0 Å². The summed E-state index contributed by atoms with van der Waals surface area (Å²) in [6.07, 6.45) is 9.03. The summed E-state index contributed by atoms with van der Waals surface area (Å²) in [7, 11) is 0. The molecule has 2 saturated heterocycles. The van der Waals surface area contributed by atoms with E-state index in [1.807, 2.05) is 18.2 Å². The third-order valence-electron chi connectivity index (χ3n) is 6.94. The van der Waals surface area contributed by atoms with Crippen LogP contribution in [0.25, 0.3) is 0 Å². The lowest BCUT2D eigenvalue weighted by atomic mass is 9.67. The van der Waals surface area contributed by atoms with Crippen molar-refractivity contribution in [2.45, 2.75) is 56.8 Å². The molecule has 0 unspecified atom stereocenters. The standard InChI is InChI=1S/C21H29ClN2O.ClH/c22-18-6-4-5-17(15-18)21(7-2-1-3-8-21)19(25)24-13-10-20(11-14-24)9-12-23-16-20;/h4-6,15,23H,1-3,7-14,16H2;1H. The van der Waals surface area contributed by atoms with E-state index < -0.39 is 0 Å². The Morgan fingerprint density at radius 2 is 1.77 bits per heavy atom. The highest BCUT2D eigenvalue weighted by atomic mass is 35.5. The number of hydrogen-bond acceptors (Lipinski definition) is 2. The van der Waals surface area contributed by atoms with Gasteiger partial charge in [-0.2, -0.15) is 0 Å². The van der Waals surface area contributed by atoms with Gasteiger partial charge in [0.1, 0.15) is 0 Å². The molecule has 4 rings (SSSR count). The second kappa shape index (κ2) is 8.08. The van der Waals surface area contributed by atoms with Gasteiger partial charge in [-0.3, -0.25) is 4.79 Å².